The zero-order valence-electron chi connectivity index (χ0n) is 11.9. The summed E-state index contributed by atoms with van der Waals surface area (Å²) in [6.07, 6.45) is 4.41. The molecule has 0 heterocycles. The van der Waals surface area contributed by atoms with E-state index in [9.17, 15) is 4.79 Å². The van der Waals surface area contributed by atoms with Crippen LogP contribution in [-0.4, -0.2) is 37.7 Å². The normalized spacial score (nSPS) is 25.1. The molecule has 108 valence electrons. The Hall–Kier alpha value is -1.39. The number of hydrogen-bond donors (Lipinski definition) is 2. The number of ether oxygens (including phenoxy) is 1. The van der Waals surface area contributed by atoms with E-state index in [0.29, 0.717) is 12.1 Å². The second-order valence-electron chi connectivity index (χ2n) is 5.83. The van der Waals surface area contributed by atoms with Crippen LogP contribution in [0.15, 0.2) is 24.3 Å². The van der Waals surface area contributed by atoms with Crippen molar-refractivity contribution in [3.05, 3.63) is 35.4 Å². The standard InChI is InChI=1S/C16H22N2O2/c1-20-10-16(19)18-15-7-6-14(15)17-13-8-11-4-2-3-5-12(11)9-13/h2-5,13-15,17H,6-10H2,1H3,(H,18,19)/t14-,15+/m0/s1. The Labute approximate surface area is 119 Å². The summed E-state index contributed by atoms with van der Waals surface area (Å²) in [4.78, 5) is 11.5. The molecule has 0 saturated heterocycles. The van der Waals surface area contributed by atoms with Crippen molar-refractivity contribution >= 4 is 5.91 Å². The molecule has 0 spiro atoms. The van der Waals surface area contributed by atoms with Crippen molar-refractivity contribution < 1.29 is 9.53 Å². The molecule has 0 unspecified atom stereocenters. The van der Waals surface area contributed by atoms with Crippen molar-refractivity contribution in [2.24, 2.45) is 0 Å². The molecule has 0 aromatic heterocycles. The third-order valence-corrected chi connectivity index (χ3v) is 4.40. The lowest BCUT2D eigenvalue weighted by molar-refractivity contribution is -0.126. The van der Waals surface area contributed by atoms with E-state index in [1.54, 1.807) is 7.11 Å². The van der Waals surface area contributed by atoms with Crippen LogP contribution in [0.25, 0.3) is 0 Å². The number of carbonyl (C=O) groups is 1. The van der Waals surface area contributed by atoms with Gasteiger partial charge in [-0.2, -0.15) is 0 Å². The molecule has 0 aliphatic heterocycles. The summed E-state index contributed by atoms with van der Waals surface area (Å²) in [6.45, 7) is 0.151. The summed E-state index contributed by atoms with van der Waals surface area (Å²) in [5, 5.41) is 6.74. The maximum absolute atomic E-state index is 11.5. The first-order chi connectivity index (χ1) is 9.76. The van der Waals surface area contributed by atoms with E-state index in [1.165, 1.54) is 11.1 Å². The molecule has 4 nitrogen and oxygen atoms in total. The Morgan fingerprint density at radius 1 is 1.20 bits per heavy atom. The quantitative estimate of drug-likeness (QED) is 0.843. The summed E-state index contributed by atoms with van der Waals surface area (Å²) in [5.41, 5.74) is 2.92. The van der Waals surface area contributed by atoms with Gasteiger partial charge in [0.1, 0.15) is 6.61 Å². The molecule has 1 fully saturated rings. The molecule has 2 N–H and O–H groups in total. The molecule has 2 aliphatic carbocycles. The Balaban J connectivity index is 1.49. The topological polar surface area (TPSA) is 50.4 Å². The number of fused-ring (bicyclic) bond motifs is 1. The highest BCUT2D eigenvalue weighted by Crippen LogP contribution is 2.26. The minimum Gasteiger partial charge on any atom is -0.375 e. The van der Waals surface area contributed by atoms with Gasteiger partial charge in [-0.25, -0.2) is 0 Å². The van der Waals surface area contributed by atoms with Gasteiger partial charge < -0.3 is 15.4 Å². The summed E-state index contributed by atoms with van der Waals surface area (Å²) in [7, 11) is 1.55. The van der Waals surface area contributed by atoms with E-state index in [1.807, 2.05) is 0 Å². The zero-order valence-corrected chi connectivity index (χ0v) is 11.9. The van der Waals surface area contributed by atoms with Gasteiger partial charge in [0.15, 0.2) is 0 Å². The Morgan fingerprint density at radius 2 is 1.85 bits per heavy atom. The lowest BCUT2D eigenvalue weighted by atomic mass is 9.85. The molecule has 0 bridgehead atoms. The minimum absolute atomic E-state index is 0.0151. The van der Waals surface area contributed by atoms with E-state index in [0.717, 1.165) is 25.7 Å². The summed E-state index contributed by atoms with van der Waals surface area (Å²) >= 11 is 0. The van der Waals surface area contributed by atoms with Gasteiger partial charge in [0, 0.05) is 25.2 Å². The van der Waals surface area contributed by atoms with Crippen LogP contribution in [0.2, 0.25) is 0 Å². The van der Waals surface area contributed by atoms with Crippen LogP contribution in [0.5, 0.6) is 0 Å². The summed E-state index contributed by atoms with van der Waals surface area (Å²) in [6, 6.07) is 9.85. The van der Waals surface area contributed by atoms with Crippen molar-refractivity contribution in [2.75, 3.05) is 13.7 Å². The lowest BCUT2D eigenvalue weighted by Gasteiger charge is -2.39. The van der Waals surface area contributed by atoms with Crippen LogP contribution in [0, 0.1) is 0 Å². The second kappa shape index (κ2) is 5.94. The van der Waals surface area contributed by atoms with E-state index in [2.05, 4.69) is 34.9 Å². The monoisotopic (exact) mass is 274 g/mol. The van der Waals surface area contributed by atoms with Gasteiger partial charge in [0.2, 0.25) is 5.91 Å². The smallest absolute Gasteiger partial charge is 0.246 e. The second-order valence-corrected chi connectivity index (χ2v) is 5.83. The molecule has 1 aromatic carbocycles. The van der Waals surface area contributed by atoms with Crippen LogP contribution in [0.3, 0.4) is 0 Å². The number of rotatable bonds is 5. The number of nitrogens with one attached hydrogen (secondary N) is 2. The molecular weight excluding hydrogens is 252 g/mol. The van der Waals surface area contributed by atoms with Gasteiger partial charge in [0.25, 0.3) is 0 Å². The predicted octanol–water partition coefficient (Wildman–Crippen LogP) is 1.04. The Bertz CT molecular complexity index is 464. The molecule has 0 radical (unpaired) electrons. The molecule has 1 aromatic rings. The van der Waals surface area contributed by atoms with Gasteiger partial charge in [-0.05, 0) is 36.8 Å². The van der Waals surface area contributed by atoms with E-state index in [-0.39, 0.29) is 18.6 Å². The highest BCUT2D eigenvalue weighted by molar-refractivity contribution is 5.77. The minimum atomic E-state index is -0.0151. The summed E-state index contributed by atoms with van der Waals surface area (Å²) in [5.74, 6) is -0.0151. The van der Waals surface area contributed by atoms with Gasteiger partial charge in [-0.3, -0.25) is 4.79 Å². The maximum atomic E-state index is 11.5. The molecule has 3 rings (SSSR count). The fourth-order valence-corrected chi connectivity index (χ4v) is 3.23. The number of methoxy groups -OCH3 is 1. The van der Waals surface area contributed by atoms with Gasteiger partial charge in [0.05, 0.1) is 0 Å². The molecule has 2 aliphatic rings. The third kappa shape index (κ3) is 2.86. The molecule has 2 atom stereocenters. The molecule has 20 heavy (non-hydrogen) atoms. The van der Waals surface area contributed by atoms with Crippen molar-refractivity contribution in [1.82, 2.24) is 10.6 Å². The first-order valence-electron chi connectivity index (χ1n) is 7.37. The number of carbonyl (C=O) groups excluding carboxylic acids is 1. The van der Waals surface area contributed by atoms with Crippen LogP contribution in [0.4, 0.5) is 0 Å². The first kappa shape index (κ1) is 13.6. The van der Waals surface area contributed by atoms with Crippen molar-refractivity contribution in [3.8, 4) is 0 Å². The van der Waals surface area contributed by atoms with Gasteiger partial charge in [-0.1, -0.05) is 24.3 Å². The van der Waals surface area contributed by atoms with Gasteiger partial charge in [-0.15, -0.1) is 0 Å². The zero-order chi connectivity index (χ0) is 13.9. The molecule has 1 amide bonds. The van der Waals surface area contributed by atoms with E-state index < -0.39 is 0 Å². The van der Waals surface area contributed by atoms with E-state index in [4.69, 9.17) is 4.74 Å². The summed E-state index contributed by atoms with van der Waals surface area (Å²) < 4.78 is 4.85. The highest BCUT2D eigenvalue weighted by Gasteiger charge is 2.34. The lowest BCUT2D eigenvalue weighted by Crippen LogP contribution is -2.59. The number of amides is 1. The van der Waals surface area contributed by atoms with Crippen LogP contribution in [0.1, 0.15) is 24.0 Å². The molecular formula is C16H22N2O2. The third-order valence-electron chi connectivity index (χ3n) is 4.40. The van der Waals surface area contributed by atoms with Crippen LogP contribution >= 0.6 is 0 Å². The Morgan fingerprint density at radius 3 is 2.40 bits per heavy atom. The van der Waals surface area contributed by atoms with Crippen molar-refractivity contribution in [3.63, 3.8) is 0 Å². The van der Waals surface area contributed by atoms with Crippen LogP contribution < -0.4 is 10.6 Å². The molecule has 4 heteroatoms. The Kier molecular flexibility index (Phi) is 4.03. The highest BCUT2D eigenvalue weighted by atomic mass is 16.5. The van der Waals surface area contributed by atoms with Crippen molar-refractivity contribution in [2.45, 2.75) is 43.8 Å². The van der Waals surface area contributed by atoms with Gasteiger partial charge >= 0.3 is 0 Å². The average molecular weight is 274 g/mol. The molecule has 1 saturated carbocycles. The van der Waals surface area contributed by atoms with Crippen molar-refractivity contribution in [1.29, 1.82) is 0 Å². The fourth-order valence-electron chi connectivity index (χ4n) is 3.23. The SMILES string of the molecule is COCC(=O)N[C@@H]1CC[C@@H]1NC1Cc2ccccc2C1. The van der Waals surface area contributed by atoms with E-state index >= 15 is 0 Å². The number of hydrogen-bond acceptors (Lipinski definition) is 3. The predicted molar refractivity (Wildman–Crippen MR) is 77.6 cm³/mol. The largest absolute Gasteiger partial charge is 0.375 e. The fraction of sp³-hybridized carbons (Fsp3) is 0.562. The average Bonchev–Trinajstić information content (AvgIpc) is 2.84. The maximum Gasteiger partial charge on any atom is 0.246 e. The first-order valence-corrected chi connectivity index (χ1v) is 7.37. The van der Waals surface area contributed by atoms with Crippen LogP contribution in [-0.2, 0) is 22.4 Å². The number of benzene rings is 1.